The summed E-state index contributed by atoms with van der Waals surface area (Å²) in [4.78, 5) is 4.57. The molecule has 1 saturated carbocycles. The first-order valence-corrected chi connectivity index (χ1v) is 7.78. The largest absolute Gasteiger partial charge is 0.353 e. The molecule has 0 saturated heterocycles. The molecule has 0 amide bonds. The summed E-state index contributed by atoms with van der Waals surface area (Å²) in [6.07, 6.45) is 4.58. The number of hydrogen-bond acceptors (Lipinski definition) is 2. The van der Waals surface area contributed by atoms with Gasteiger partial charge in [0.05, 0.1) is 11.4 Å². The van der Waals surface area contributed by atoms with Gasteiger partial charge < -0.3 is 5.32 Å². The highest BCUT2D eigenvalue weighted by Crippen LogP contribution is 2.28. The van der Waals surface area contributed by atoms with Crippen LogP contribution in [0.15, 0.2) is 28.9 Å². The van der Waals surface area contributed by atoms with Crippen LogP contribution in [0, 0.1) is 10.5 Å². The molecule has 1 aromatic carbocycles. The number of hydrogen-bond donors (Lipinski definition) is 1. The van der Waals surface area contributed by atoms with E-state index in [9.17, 15) is 0 Å². The third kappa shape index (κ3) is 2.56. The van der Waals surface area contributed by atoms with Crippen LogP contribution in [-0.4, -0.2) is 15.6 Å². The number of benzene rings is 1. The quantitative estimate of drug-likeness (QED) is 0.761. The van der Waals surface area contributed by atoms with Crippen molar-refractivity contribution in [1.82, 2.24) is 9.55 Å². The molecule has 3 nitrogen and oxygen atoms in total. The minimum absolute atomic E-state index is 0.607. The van der Waals surface area contributed by atoms with Crippen molar-refractivity contribution in [3.8, 4) is 5.69 Å². The SMILES string of the molecule is Cc1cn(-c2cc(Br)ccc2I)c(NC2CC2)n1. The van der Waals surface area contributed by atoms with E-state index in [1.807, 2.05) is 6.92 Å². The summed E-state index contributed by atoms with van der Waals surface area (Å²) < 4.78 is 4.44. The molecule has 0 bridgehead atoms. The third-order valence-electron chi connectivity index (χ3n) is 2.90. The van der Waals surface area contributed by atoms with Gasteiger partial charge in [0, 0.05) is 20.3 Å². The highest BCUT2D eigenvalue weighted by atomic mass is 127. The molecule has 5 heteroatoms. The average Bonchev–Trinajstić information content (AvgIpc) is 3.05. The number of aromatic nitrogens is 2. The lowest BCUT2D eigenvalue weighted by Gasteiger charge is -2.11. The Hall–Kier alpha value is -0.560. The zero-order valence-electron chi connectivity index (χ0n) is 9.95. The molecule has 18 heavy (non-hydrogen) atoms. The smallest absolute Gasteiger partial charge is 0.207 e. The van der Waals surface area contributed by atoms with Crippen LogP contribution in [0.2, 0.25) is 0 Å². The lowest BCUT2D eigenvalue weighted by Crippen LogP contribution is -2.08. The van der Waals surface area contributed by atoms with Gasteiger partial charge in [-0.25, -0.2) is 4.98 Å². The van der Waals surface area contributed by atoms with E-state index in [0.29, 0.717) is 6.04 Å². The zero-order chi connectivity index (χ0) is 12.7. The maximum absolute atomic E-state index is 4.57. The number of aryl methyl sites for hydroxylation is 1. The van der Waals surface area contributed by atoms with Gasteiger partial charge in [-0.05, 0) is 60.6 Å². The molecule has 0 radical (unpaired) electrons. The number of nitrogens with one attached hydrogen (secondary N) is 1. The first kappa shape index (κ1) is 12.5. The highest BCUT2D eigenvalue weighted by molar-refractivity contribution is 14.1. The van der Waals surface area contributed by atoms with Crippen LogP contribution < -0.4 is 5.32 Å². The summed E-state index contributed by atoms with van der Waals surface area (Å²) in [5.74, 6) is 0.950. The Morgan fingerprint density at radius 1 is 1.44 bits per heavy atom. The summed E-state index contributed by atoms with van der Waals surface area (Å²) in [5, 5.41) is 3.48. The van der Waals surface area contributed by atoms with E-state index >= 15 is 0 Å². The number of rotatable bonds is 3. The fourth-order valence-electron chi connectivity index (χ4n) is 1.86. The molecule has 1 fully saturated rings. The van der Waals surface area contributed by atoms with Crippen LogP contribution in [0.5, 0.6) is 0 Å². The second kappa shape index (κ2) is 4.85. The van der Waals surface area contributed by atoms with Crippen molar-refractivity contribution >= 4 is 44.5 Å². The van der Waals surface area contributed by atoms with E-state index in [1.54, 1.807) is 0 Å². The topological polar surface area (TPSA) is 29.9 Å². The lowest BCUT2D eigenvalue weighted by molar-refractivity contribution is 0.997. The highest BCUT2D eigenvalue weighted by Gasteiger charge is 2.23. The van der Waals surface area contributed by atoms with E-state index in [1.165, 1.54) is 16.4 Å². The van der Waals surface area contributed by atoms with Crippen molar-refractivity contribution in [3.05, 3.63) is 38.1 Å². The normalized spacial score (nSPS) is 14.8. The first-order chi connectivity index (χ1) is 8.63. The maximum atomic E-state index is 4.57. The van der Waals surface area contributed by atoms with E-state index in [4.69, 9.17) is 0 Å². The van der Waals surface area contributed by atoms with E-state index < -0.39 is 0 Å². The standard InChI is InChI=1S/C13H13BrIN3/c1-8-7-18(13(16-8)17-10-3-4-10)12-6-9(14)2-5-11(12)15/h2,5-7,10H,3-4H2,1H3,(H,16,17). The van der Waals surface area contributed by atoms with Gasteiger partial charge in [0.25, 0.3) is 0 Å². The third-order valence-corrected chi connectivity index (χ3v) is 4.31. The monoisotopic (exact) mass is 417 g/mol. The Kier molecular flexibility index (Phi) is 3.36. The van der Waals surface area contributed by atoms with Crippen LogP contribution in [0.4, 0.5) is 5.95 Å². The van der Waals surface area contributed by atoms with Crippen molar-refractivity contribution in [2.45, 2.75) is 25.8 Å². The van der Waals surface area contributed by atoms with Gasteiger partial charge in [-0.1, -0.05) is 15.9 Å². The Morgan fingerprint density at radius 3 is 2.94 bits per heavy atom. The molecule has 0 spiro atoms. The van der Waals surface area contributed by atoms with Crippen LogP contribution in [0.1, 0.15) is 18.5 Å². The van der Waals surface area contributed by atoms with Gasteiger partial charge in [-0.2, -0.15) is 0 Å². The minimum Gasteiger partial charge on any atom is -0.353 e. The van der Waals surface area contributed by atoms with Gasteiger partial charge in [0.1, 0.15) is 0 Å². The Morgan fingerprint density at radius 2 is 2.22 bits per heavy atom. The van der Waals surface area contributed by atoms with Gasteiger partial charge in [0.2, 0.25) is 5.95 Å². The second-order valence-corrected chi connectivity index (χ2v) is 6.67. The summed E-state index contributed by atoms with van der Waals surface area (Å²) >= 11 is 5.89. The van der Waals surface area contributed by atoms with Gasteiger partial charge >= 0.3 is 0 Å². The molecule has 94 valence electrons. The molecule has 1 aliphatic rings. The molecule has 2 aromatic rings. The van der Waals surface area contributed by atoms with Crippen molar-refractivity contribution in [2.75, 3.05) is 5.32 Å². The van der Waals surface area contributed by atoms with E-state index in [2.05, 4.69) is 77.8 Å². The summed E-state index contributed by atoms with van der Waals surface area (Å²) in [7, 11) is 0. The van der Waals surface area contributed by atoms with Crippen molar-refractivity contribution in [1.29, 1.82) is 0 Å². The molecule has 0 aliphatic heterocycles. The second-order valence-electron chi connectivity index (χ2n) is 4.59. The average molecular weight is 418 g/mol. The van der Waals surface area contributed by atoms with Gasteiger partial charge in [-0.15, -0.1) is 0 Å². The van der Waals surface area contributed by atoms with Crippen molar-refractivity contribution in [2.24, 2.45) is 0 Å². The van der Waals surface area contributed by atoms with Crippen LogP contribution in [-0.2, 0) is 0 Å². The molecule has 1 N–H and O–H groups in total. The fourth-order valence-corrected chi connectivity index (χ4v) is 2.81. The first-order valence-electron chi connectivity index (χ1n) is 5.91. The molecule has 1 aliphatic carbocycles. The van der Waals surface area contributed by atoms with Crippen LogP contribution in [0.3, 0.4) is 0 Å². The molecule has 1 aromatic heterocycles. The molecular weight excluding hydrogens is 405 g/mol. The zero-order valence-corrected chi connectivity index (χ0v) is 13.7. The molecule has 3 rings (SSSR count). The van der Waals surface area contributed by atoms with Crippen LogP contribution in [0.25, 0.3) is 5.69 Å². The molecule has 1 heterocycles. The Bertz CT molecular complexity index is 590. The summed E-state index contributed by atoms with van der Waals surface area (Å²) in [6, 6.07) is 6.90. The summed E-state index contributed by atoms with van der Waals surface area (Å²) in [5.41, 5.74) is 2.20. The van der Waals surface area contributed by atoms with Gasteiger partial charge in [0.15, 0.2) is 0 Å². The predicted octanol–water partition coefficient (Wildman–Crippen LogP) is 4.12. The summed E-state index contributed by atoms with van der Waals surface area (Å²) in [6.45, 7) is 2.03. The van der Waals surface area contributed by atoms with E-state index in [-0.39, 0.29) is 0 Å². The minimum atomic E-state index is 0.607. The maximum Gasteiger partial charge on any atom is 0.207 e. The molecule has 0 unspecified atom stereocenters. The fraction of sp³-hybridized carbons (Fsp3) is 0.308. The van der Waals surface area contributed by atoms with Crippen LogP contribution >= 0.6 is 38.5 Å². The Balaban J connectivity index is 2.06. The van der Waals surface area contributed by atoms with Gasteiger partial charge in [-0.3, -0.25) is 4.57 Å². The van der Waals surface area contributed by atoms with E-state index in [0.717, 1.165) is 21.8 Å². The predicted molar refractivity (Wildman–Crippen MR) is 85.4 cm³/mol. The lowest BCUT2D eigenvalue weighted by atomic mass is 10.3. The Labute approximate surface area is 128 Å². The van der Waals surface area contributed by atoms with Crippen molar-refractivity contribution in [3.63, 3.8) is 0 Å². The molecular formula is C13H13BrIN3. The number of imidazole rings is 1. The number of halogens is 2. The van der Waals surface area contributed by atoms with Crippen molar-refractivity contribution < 1.29 is 0 Å². The molecule has 0 atom stereocenters. The number of anilines is 1. The number of nitrogens with zero attached hydrogens (tertiary/aromatic N) is 2.